The van der Waals surface area contributed by atoms with Crippen LogP contribution in [0.5, 0.6) is 0 Å². The maximum atomic E-state index is 5.50. The first-order valence-electron chi connectivity index (χ1n) is 6.76. The van der Waals surface area contributed by atoms with Crippen LogP contribution in [0.15, 0.2) is 12.7 Å². The molecule has 1 aliphatic rings. The lowest BCUT2D eigenvalue weighted by Crippen LogP contribution is -2.36. The molecule has 1 aliphatic heterocycles. The molecule has 3 heteroatoms. The van der Waals surface area contributed by atoms with Gasteiger partial charge in [0.05, 0.1) is 6.61 Å². The molecule has 0 spiro atoms. The van der Waals surface area contributed by atoms with Gasteiger partial charge in [0.25, 0.3) is 0 Å². The maximum absolute atomic E-state index is 5.50. The standard InChI is InChI=1S/C12H23NOS.C2H6/c1-3-9-14-11-12-4-6-13(7-5-12)8-10-15-2;1-2/h3,12H,1,4-11H2,2H3;1-2H3. The van der Waals surface area contributed by atoms with Crippen molar-refractivity contribution < 1.29 is 4.74 Å². The largest absolute Gasteiger partial charge is 0.377 e. The highest BCUT2D eigenvalue weighted by Gasteiger charge is 2.18. The van der Waals surface area contributed by atoms with Crippen LogP contribution in [-0.4, -0.2) is 49.8 Å². The highest BCUT2D eigenvalue weighted by atomic mass is 32.2. The number of hydrogen-bond donors (Lipinski definition) is 0. The summed E-state index contributed by atoms with van der Waals surface area (Å²) in [4.78, 5) is 2.57. The molecule has 0 aromatic rings. The number of thioether (sulfide) groups is 1. The summed E-state index contributed by atoms with van der Waals surface area (Å²) < 4.78 is 5.50. The van der Waals surface area contributed by atoms with Crippen molar-refractivity contribution in [1.29, 1.82) is 0 Å². The zero-order chi connectivity index (χ0) is 12.9. The minimum absolute atomic E-state index is 0.701. The van der Waals surface area contributed by atoms with E-state index in [-0.39, 0.29) is 0 Å². The van der Waals surface area contributed by atoms with Gasteiger partial charge >= 0.3 is 0 Å². The third-order valence-corrected chi connectivity index (χ3v) is 3.50. The second-order valence-corrected chi connectivity index (χ2v) is 5.09. The van der Waals surface area contributed by atoms with Crippen LogP contribution in [0.25, 0.3) is 0 Å². The Balaban J connectivity index is 0.00000121. The van der Waals surface area contributed by atoms with Gasteiger partial charge in [-0.05, 0) is 38.1 Å². The van der Waals surface area contributed by atoms with Crippen LogP contribution in [0, 0.1) is 5.92 Å². The summed E-state index contributed by atoms with van der Waals surface area (Å²) in [5.74, 6) is 2.04. The maximum Gasteiger partial charge on any atom is 0.0644 e. The molecule has 0 atom stereocenters. The fourth-order valence-corrected chi connectivity index (χ4v) is 2.36. The molecule has 0 N–H and O–H groups in total. The monoisotopic (exact) mass is 259 g/mol. The topological polar surface area (TPSA) is 12.5 Å². The minimum atomic E-state index is 0.701. The number of piperidine rings is 1. The lowest BCUT2D eigenvalue weighted by Gasteiger charge is -2.31. The summed E-state index contributed by atoms with van der Waals surface area (Å²) in [5, 5.41) is 0. The molecule has 1 rings (SSSR count). The molecule has 1 saturated heterocycles. The van der Waals surface area contributed by atoms with Gasteiger partial charge in [-0.3, -0.25) is 0 Å². The third kappa shape index (κ3) is 8.70. The molecule has 0 aromatic carbocycles. The van der Waals surface area contributed by atoms with E-state index in [1.807, 2.05) is 31.7 Å². The van der Waals surface area contributed by atoms with Gasteiger partial charge in [0.15, 0.2) is 0 Å². The molecule has 0 bridgehead atoms. The summed E-state index contributed by atoms with van der Waals surface area (Å²) >= 11 is 1.94. The Morgan fingerprint density at radius 1 is 1.35 bits per heavy atom. The van der Waals surface area contributed by atoms with Crippen molar-refractivity contribution in [3.05, 3.63) is 12.7 Å². The van der Waals surface area contributed by atoms with Crippen LogP contribution in [0.2, 0.25) is 0 Å². The first-order valence-corrected chi connectivity index (χ1v) is 8.16. The van der Waals surface area contributed by atoms with Gasteiger partial charge in [-0.25, -0.2) is 0 Å². The van der Waals surface area contributed by atoms with Gasteiger partial charge in [-0.2, -0.15) is 11.8 Å². The van der Waals surface area contributed by atoms with E-state index in [2.05, 4.69) is 17.7 Å². The quantitative estimate of drug-likeness (QED) is 0.514. The Morgan fingerprint density at radius 3 is 2.53 bits per heavy atom. The lowest BCUT2D eigenvalue weighted by atomic mass is 9.98. The molecule has 0 saturated carbocycles. The summed E-state index contributed by atoms with van der Waals surface area (Å²) in [6, 6.07) is 0. The Labute approximate surface area is 112 Å². The van der Waals surface area contributed by atoms with Gasteiger partial charge in [-0.15, -0.1) is 6.58 Å². The smallest absolute Gasteiger partial charge is 0.0644 e. The summed E-state index contributed by atoms with van der Waals surface area (Å²) in [6.45, 7) is 13.0. The van der Waals surface area contributed by atoms with E-state index in [9.17, 15) is 0 Å². The normalized spacial score (nSPS) is 17.4. The van der Waals surface area contributed by atoms with Crippen molar-refractivity contribution in [2.75, 3.05) is 44.9 Å². The van der Waals surface area contributed by atoms with E-state index in [1.165, 1.54) is 38.2 Å². The predicted octanol–water partition coefficient (Wildman–Crippen LogP) is 3.29. The molecular weight excluding hydrogens is 230 g/mol. The summed E-state index contributed by atoms with van der Waals surface area (Å²) in [7, 11) is 0. The van der Waals surface area contributed by atoms with E-state index >= 15 is 0 Å². The van der Waals surface area contributed by atoms with Crippen molar-refractivity contribution in [3.63, 3.8) is 0 Å². The molecule has 102 valence electrons. The first-order chi connectivity index (χ1) is 8.36. The SMILES string of the molecule is C=CCOCC1CCN(CCSC)CC1.CC. The van der Waals surface area contributed by atoms with E-state index in [1.54, 1.807) is 0 Å². The summed E-state index contributed by atoms with van der Waals surface area (Å²) in [5.41, 5.74) is 0. The zero-order valence-corrected chi connectivity index (χ0v) is 12.6. The van der Waals surface area contributed by atoms with Gasteiger partial charge in [0, 0.05) is 18.9 Å². The molecular formula is C14H29NOS. The second kappa shape index (κ2) is 12.5. The van der Waals surface area contributed by atoms with E-state index in [0.29, 0.717) is 6.61 Å². The minimum Gasteiger partial charge on any atom is -0.377 e. The average molecular weight is 259 g/mol. The van der Waals surface area contributed by atoms with Crippen LogP contribution >= 0.6 is 11.8 Å². The Hall–Kier alpha value is 0.0100. The molecule has 0 aliphatic carbocycles. The molecule has 17 heavy (non-hydrogen) atoms. The Kier molecular flexibility index (Phi) is 12.5. The second-order valence-electron chi connectivity index (χ2n) is 4.10. The highest BCUT2D eigenvalue weighted by molar-refractivity contribution is 7.98. The zero-order valence-electron chi connectivity index (χ0n) is 11.8. The predicted molar refractivity (Wildman–Crippen MR) is 79.9 cm³/mol. The van der Waals surface area contributed by atoms with Crippen molar-refractivity contribution in [2.24, 2.45) is 5.92 Å². The van der Waals surface area contributed by atoms with E-state index in [4.69, 9.17) is 4.74 Å². The average Bonchev–Trinajstić information content (AvgIpc) is 2.40. The fraction of sp³-hybridized carbons (Fsp3) is 0.857. The first kappa shape index (κ1) is 17.0. The number of likely N-dealkylation sites (tertiary alicyclic amines) is 1. The van der Waals surface area contributed by atoms with Crippen molar-refractivity contribution in [2.45, 2.75) is 26.7 Å². The Morgan fingerprint density at radius 2 is 2.00 bits per heavy atom. The molecule has 0 aromatic heterocycles. The van der Waals surface area contributed by atoms with Gasteiger partial charge in [-0.1, -0.05) is 19.9 Å². The molecule has 0 amide bonds. The number of ether oxygens (including phenoxy) is 1. The van der Waals surface area contributed by atoms with Crippen LogP contribution in [0.4, 0.5) is 0 Å². The Bertz CT molecular complexity index is 168. The van der Waals surface area contributed by atoms with Crippen LogP contribution in [0.3, 0.4) is 0 Å². The van der Waals surface area contributed by atoms with Crippen LogP contribution in [0.1, 0.15) is 26.7 Å². The van der Waals surface area contributed by atoms with Crippen molar-refractivity contribution >= 4 is 11.8 Å². The van der Waals surface area contributed by atoms with E-state index < -0.39 is 0 Å². The van der Waals surface area contributed by atoms with E-state index in [0.717, 1.165) is 12.5 Å². The molecule has 1 heterocycles. The van der Waals surface area contributed by atoms with Crippen LogP contribution in [-0.2, 0) is 4.74 Å². The van der Waals surface area contributed by atoms with Crippen molar-refractivity contribution in [1.82, 2.24) is 4.90 Å². The van der Waals surface area contributed by atoms with Crippen molar-refractivity contribution in [3.8, 4) is 0 Å². The van der Waals surface area contributed by atoms with Gasteiger partial charge in [0.2, 0.25) is 0 Å². The fourth-order valence-electron chi connectivity index (χ4n) is 1.92. The molecule has 1 fully saturated rings. The highest BCUT2D eigenvalue weighted by Crippen LogP contribution is 2.17. The van der Waals surface area contributed by atoms with Gasteiger partial charge < -0.3 is 9.64 Å². The number of nitrogens with zero attached hydrogens (tertiary/aromatic N) is 1. The number of rotatable bonds is 7. The molecule has 2 nitrogen and oxygen atoms in total. The molecule has 0 radical (unpaired) electrons. The van der Waals surface area contributed by atoms with Crippen LogP contribution < -0.4 is 0 Å². The lowest BCUT2D eigenvalue weighted by molar-refractivity contribution is 0.0840. The third-order valence-electron chi connectivity index (χ3n) is 2.91. The molecule has 0 unspecified atom stereocenters. The van der Waals surface area contributed by atoms with Gasteiger partial charge in [0.1, 0.15) is 0 Å². The number of hydrogen-bond acceptors (Lipinski definition) is 3. The summed E-state index contributed by atoms with van der Waals surface area (Å²) in [6.07, 6.45) is 6.60.